The molecule has 1 aromatic carbocycles. The number of nitrogens with one attached hydrogen (secondary N) is 2. The highest BCUT2D eigenvalue weighted by molar-refractivity contribution is 6.32. The van der Waals surface area contributed by atoms with Crippen molar-refractivity contribution < 1.29 is 19.1 Å². The Labute approximate surface area is 163 Å². The Kier molecular flexibility index (Phi) is 5.60. The van der Waals surface area contributed by atoms with E-state index in [4.69, 9.17) is 16.3 Å². The van der Waals surface area contributed by atoms with E-state index in [2.05, 4.69) is 10.6 Å². The number of likely N-dealkylation sites (tertiary alicyclic amines) is 1. The van der Waals surface area contributed by atoms with Crippen LogP contribution in [0.25, 0.3) is 0 Å². The zero-order chi connectivity index (χ0) is 19.6. The van der Waals surface area contributed by atoms with Crippen LogP contribution < -0.4 is 15.4 Å². The molecule has 146 valence electrons. The average molecular weight is 394 g/mol. The number of carbonyl (C=O) groups is 3. The minimum absolute atomic E-state index is 0.0114. The second-order valence-corrected chi connectivity index (χ2v) is 7.70. The van der Waals surface area contributed by atoms with Gasteiger partial charge in [-0.25, -0.2) is 4.79 Å². The number of ether oxygens (including phenoxy) is 1. The summed E-state index contributed by atoms with van der Waals surface area (Å²) >= 11 is 6.09. The maximum absolute atomic E-state index is 12.5. The highest BCUT2D eigenvalue weighted by Gasteiger charge is 2.42. The fraction of sp³-hybridized carbons (Fsp3) is 0.526. The number of nitrogens with zero attached hydrogens (tertiary/aromatic N) is 1. The summed E-state index contributed by atoms with van der Waals surface area (Å²) < 4.78 is 5.28. The van der Waals surface area contributed by atoms with Gasteiger partial charge in [0, 0.05) is 19.5 Å². The van der Waals surface area contributed by atoms with Crippen LogP contribution in [-0.4, -0.2) is 48.5 Å². The highest BCUT2D eigenvalue weighted by Crippen LogP contribution is 2.33. The molecule has 2 N–H and O–H groups in total. The molecule has 2 aliphatic heterocycles. The fourth-order valence-electron chi connectivity index (χ4n) is 3.66. The summed E-state index contributed by atoms with van der Waals surface area (Å²) in [6, 6.07) is 5.31. The molecular weight excluding hydrogens is 370 g/mol. The van der Waals surface area contributed by atoms with Crippen LogP contribution >= 0.6 is 11.6 Å². The molecule has 0 unspecified atom stereocenters. The van der Waals surface area contributed by atoms with Gasteiger partial charge < -0.3 is 15.0 Å². The number of piperidine rings is 1. The van der Waals surface area contributed by atoms with Gasteiger partial charge in [-0.05, 0) is 49.8 Å². The number of imide groups is 1. The molecular formula is C19H24ClN3O4. The Balaban J connectivity index is 1.52. The van der Waals surface area contributed by atoms with Crippen LogP contribution in [0.4, 0.5) is 4.79 Å². The van der Waals surface area contributed by atoms with Crippen LogP contribution in [0, 0.1) is 0 Å². The van der Waals surface area contributed by atoms with Crippen molar-refractivity contribution in [2.45, 2.75) is 44.1 Å². The summed E-state index contributed by atoms with van der Waals surface area (Å²) in [6.45, 7) is 2.98. The Morgan fingerprint density at radius 1 is 1.33 bits per heavy atom. The van der Waals surface area contributed by atoms with Crippen LogP contribution in [0.2, 0.25) is 5.02 Å². The quantitative estimate of drug-likeness (QED) is 0.752. The molecule has 27 heavy (non-hydrogen) atoms. The van der Waals surface area contributed by atoms with Gasteiger partial charge in [-0.15, -0.1) is 0 Å². The van der Waals surface area contributed by atoms with E-state index in [9.17, 15) is 14.4 Å². The predicted octanol–water partition coefficient (Wildman–Crippen LogP) is 2.43. The summed E-state index contributed by atoms with van der Waals surface area (Å²) in [4.78, 5) is 37.5. The number of benzene rings is 1. The van der Waals surface area contributed by atoms with Crippen molar-refractivity contribution >= 4 is 29.4 Å². The molecule has 4 amide bonds. The first-order chi connectivity index (χ1) is 12.8. The van der Waals surface area contributed by atoms with Crippen molar-refractivity contribution in [1.82, 2.24) is 15.5 Å². The van der Waals surface area contributed by atoms with E-state index in [1.54, 1.807) is 14.0 Å². The number of urea groups is 1. The zero-order valence-electron chi connectivity index (χ0n) is 15.5. The van der Waals surface area contributed by atoms with Gasteiger partial charge >= 0.3 is 6.03 Å². The third kappa shape index (κ3) is 4.18. The third-order valence-electron chi connectivity index (χ3n) is 5.45. The Morgan fingerprint density at radius 3 is 2.63 bits per heavy atom. The predicted molar refractivity (Wildman–Crippen MR) is 101 cm³/mol. The molecule has 0 saturated carbocycles. The maximum atomic E-state index is 12.5. The lowest BCUT2D eigenvalue weighted by atomic mass is 9.89. The second-order valence-electron chi connectivity index (χ2n) is 7.29. The molecule has 7 nitrogen and oxygen atoms in total. The Hall–Kier alpha value is -2.28. The molecule has 3 rings (SSSR count). The fourth-order valence-corrected chi connectivity index (χ4v) is 3.86. The first kappa shape index (κ1) is 19.5. The topological polar surface area (TPSA) is 87.7 Å². The minimum atomic E-state index is -1.01. The van der Waals surface area contributed by atoms with Crippen molar-refractivity contribution in [2.24, 2.45) is 0 Å². The first-order valence-electron chi connectivity index (χ1n) is 9.07. The standard InChI is InChI=1S/C19H24ClN3O4/c1-19(17(25)21-18(26)22-19)8-5-16(24)23-9-6-12(7-10-23)13-3-4-14(20)15(11-13)27-2/h3-4,11-12H,5-10H2,1-2H3,(H2,21,22,25,26)/t19-/m1/s1. The van der Waals surface area contributed by atoms with Gasteiger partial charge in [0.1, 0.15) is 11.3 Å². The lowest BCUT2D eigenvalue weighted by molar-refractivity contribution is -0.133. The molecule has 0 radical (unpaired) electrons. The number of halogens is 1. The molecule has 0 bridgehead atoms. The number of carbonyl (C=O) groups excluding carboxylic acids is 3. The van der Waals surface area contributed by atoms with E-state index in [-0.39, 0.29) is 24.7 Å². The number of amides is 4. The van der Waals surface area contributed by atoms with E-state index < -0.39 is 11.6 Å². The lowest BCUT2D eigenvalue weighted by Gasteiger charge is -2.33. The van der Waals surface area contributed by atoms with Crippen molar-refractivity contribution in [3.05, 3.63) is 28.8 Å². The van der Waals surface area contributed by atoms with Gasteiger partial charge in [-0.3, -0.25) is 14.9 Å². The molecule has 8 heteroatoms. The lowest BCUT2D eigenvalue weighted by Crippen LogP contribution is -2.45. The third-order valence-corrected chi connectivity index (χ3v) is 5.76. The summed E-state index contributed by atoms with van der Waals surface area (Å²) in [6.07, 6.45) is 2.25. The minimum Gasteiger partial charge on any atom is -0.495 e. The van der Waals surface area contributed by atoms with E-state index in [1.807, 2.05) is 23.1 Å². The van der Waals surface area contributed by atoms with Crippen molar-refractivity contribution in [1.29, 1.82) is 0 Å². The number of methoxy groups -OCH3 is 1. The molecule has 0 aromatic heterocycles. The van der Waals surface area contributed by atoms with Crippen molar-refractivity contribution in [3.63, 3.8) is 0 Å². The van der Waals surface area contributed by atoms with E-state index in [0.717, 1.165) is 12.8 Å². The summed E-state index contributed by atoms with van der Waals surface area (Å²) in [5.74, 6) is 0.656. The molecule has 0 spiro atoms. The number of hydrogen-bond acceptors (Lipinski definition) is 4. The summed E-state index contributed by atoms with van der Waals surface area (Å²) in [7, 11) is 1.60. The Morgan fingerprint density at radius 2 is 2.04 bits per heavy atom. The Bertz CT molecular complexity index is 761. The molecule has 0 aliphatic carbocycles. The largest absolute Gasteiger partial charge is 0.495 e. The van der Waals surface area contributed by atoms with E-state index in [0.29, 0.717) is 29.8 Å². The van der Waals surface area contributed by atoms with Gasteiger partial charge in [-0.2, -0.15) is 0 Å². The van der Waals surface area contributed by atoms with Gasteiger partial charge in [0.25, 0.3) is 5.91 Å². The van der Waals surface area contributed by atoms with Crippen molar-refractivity contribution in [2.75, 3.05) is 20.2 Å². The molecule has 2 fully saturated rings. The van der Waals surface area contributed by atoms with Crippen LogP contribution in [-0.2, 0) is 9.59 Å². The molecule has 2 aliphatic rings. The van der Waals surface area contributed by atoms with Crippen LogP contribution in [0.5, 0.6) is 5.75 Å². The smallest absolute Gasteiger partial charge is 0.322 e. The van der Waals surface area contributed by atoms with Gasteiger partial charge in [-0.1, -0.05) is 17.7 Å². The first-order valence-corrected chi connectivity index (χ1v) is 9.45. The highest BCUT2D eigenvalue weighted by atomic mass is 35.5. The van der Waals surface area contributed by atoms with Crippen molar-refractivity contribution in [3.8, 4) is 5.75 Å². The molecule has 2 heterocycles. The number of rotatable bonds is 5. The van der Waals surface area contributed by atoms with E-state index in [1.165, 1.54) is 5.56 Å². The van der Waals surface area contributed by atoms with Crippen LogP contribution in [0.1, 0.15) is 44.1 Å². The normalized spacial score (nSPS) is 23.1. The summed E-state index contributed by atoms with van der Waals surface area (Å²) in [5, 5.41) is 5.39. The molecule has 1 aromatic rings. The average Bonchev–Trinajstić information content (AvgIpc) is 2.92. The van der Waals surface area contributed by atoms with Gasteiger partial charge in [0.05, 0.1) is 12.1 Å². The van der Waals surface area contributed by atoms with Crippen LogP contribution in [0.15, 0.2) is 18.2 Å². The van der Waals surface area contributed by atoms with Crippen LogP contribution in [0.3, 0.4) is 0 Å². The monoisotopic (exact) mass is 393 g/mol. The molecule has 2 saturated heterocycles. The molecule has 1 atom stereocenters. The zero-order valence-corrected chi connectivity index (χ0v) is 16.3. The number of hydrogen-bond donors (Lipinski definition) is 2. The summed E-state index contributed by atoms with van der Waals surface area (Å²) in [5.41, 5.74) is 0.159. The maximum Gasteiger partial charge on any atom is 0.322 e. The van der Waals surface area contributed by atoms with Gasteiger partial charge in [0.2, 0.25) is 5.91 Å². The van der Waals surface area contributed by atoms with Gasteiger partial charge in [0.15, 0.2) is 0 Å². The second kappa shape index (κ2) is 7.76. The van der Waals surface area contributed by atoms with E-state index >= 15 is 0 Å². The SMILES string of the molecule is COc1cc(C2CCN(C(=O)CC[C@@]3(C)NC(=O)NC3=O)CC2)ccc1Cl.